The van der Waals surface area contributed by atoms with Crippen molar-refractivity contribution in [3.8, 4) is 0 Å². The standard InChI is InChI=1S/C10H19NO3/c1-2-9(10(12)13)11-5-6-14-7-8-3-4-8/h8-9,11H,2-7H2,1H3,(H,12,13). The third-order valence-corrected chi connectivity index (χ3v) is 2.39. The maximum absolute atomic E-state index is 10.6. The van der Waals surface area contributed by atoms with Crippen LogP contribution in [-0.2, 0) is 9.53 Å². The van der Waals surface area contributed by atoms with Crippen LogP contribution < -0.4 is 5.32 Å². The first-order chi connectivity index (χ1) is 6.74. The first-order valence-electron chi connectivity index (χ1n) is 5.28. The molecule has 1 rings (SSSR count). The highest BCUT2D eigenvalue weighted by molar-refractivity contribution is 5.73. The Morgan fingerprint density at radius 3 is 2.86 bits per heavy atom. The molecule has 1 saturated carbocycles. The number of carbonyl (C=O) groups is 1. The average molecular weight is 201 g/mol. The van der Waals surface area contributed by atoms with E-state index in [1.54, 1.807) is 0 Å². The van der Waals surface area contributed by atoms with Gasteiger partial charge in [-0.3, -0.25) is 4.79 Å². The summed E-state index contributed by atoms with van der Waals surface area (Å²) in [5.41, 5.74) is 0. The van der Waals surface area contributed by atoms with Gasteiger partial charge >= 0.3 is 5.97 Å². The van der Waals surface area contributed by atoms with Crippen LogP contribution in [0.2, 0.25) is 0 Å². The quantitative estimate of drug-likeness (QED) is 0.572. The number of carboxylic acids is 1. The SMILES string of the molecule is CCC(NCCOCC1CC1)C(=O)O. The molecule has 1 aliphatic rings. The number of carboxylic acid groups (broad SMARTS) is 1. The zero-order valence-corrected chi connectivity index (χ0v) is 8.66. The summed E-state index contributed by atoms with van der Waals surface area (Å²) in [5.74, 6) is -0.00820. The van der Waals surface area contributed by atoms with Crippen molar-refractivity contribution in [3.05, 3.63) is 0 Å². The van der Waals surface area contributed by atoms with Gasteiger partial charge in [0.25, 0.3) is 0 Å². The van der Waals surface area contributed by atoms with E-state index < -0.39 is 12.0 Å². The molecule has 0 amide bonds. The lowest BCUT2D eigenvalue weighted by Crippen LogP contribution is -2.38. The van der Waals surface area contributed by atoms with Crippen LogP contribution in [0.15, 0.2) is 0 Å². The minimum absolute atomic E-state index is 0.431. The molecule has 1 aliphatic carbocycles. The molecule has 1 atom stereocenters. The molecule has 0 aliphatic heterocycles. The topological polar surface area (TPSA) is 58.6 Å². The Hall–Kier alpha value is -0.610. The van der Waals surface area contributed by atoms with Crippen LogP contribution in [0.3, 0.4) is 0 Å². The van der Waals surface area contributed by atoms with Gasteiger partial charge in [0.15, 0.2) is 0 Å². The van der Waals surface area contributed by atoms with E-state index in [1.807, 2.05) is 6.92 Å². The van der Waals surface area contributed by atoms with Gasteiger partial charge in [-0.05, 0) is 25.2 Å². The second-order valence-corrected chi connectivity index (χ2v) is 3.77. The van der Waals surface area contributed by atoms with Gasteiger partial charge in [0.2, 0.25) is 0 Å². The van der Waals surface area contributed by atoms with Crippen LogP contribution in [0, 0.1) is 5.92 Å². The smallest absolute Gasteiger partial charge is 0.320 e. The summed E-state index contributed by atoms with van der Waals surface area (Å²) in [6.45, 7) is 3.93. The lowest BCUT2D eigenvalue weighted by Gasteiger charge is -2.11. The molecular formula is C10H19NO3. The van der Waals surface area contributed by atoms with E-state index in [0.717, 1.165) is 12.5 Å². The predicted octanol–water partition coefficient (Wildman–Crippen LogP) is 0.866. The van der Waals surface area contributed by atoms with Gasteiger partial charge in [0.1, 0.15) is 6.04 Å². The number of rotatable bonds is 8. The normalized spacial score (nSPS) is 18.1. The molecule has 0 spiro atoms. The van der Waals surface area contributed by atoms with E-state index in [0.29, 0.717) is 19.6 Å². The minimum atomic E-state index is -0.783. The largest absolute Gasteiger partial charge is 0.480 e. The Balaban J connectivity index is 1.92. The predicted molar refractivity (Wildman–Crippen MR) is 53.3 cm³/mol. The number of hydrogen-bond acceptors (Lipinski definition) is 3. The lowest BCUT2D eigenvalue weighted by atomic mass is 10.2. The van der Waals surface area contributed by atoms with Crippen molar-refractivity contribution in [2.45, 2.75) is 32.2 Å². The highest BCUT2D eigenvalue weighted by Crippen LogP contribution is 2.28. The first kappa shape index (κ1) is 11.5. The third-order valence-electron chi connectivity index (χ3n) is 2.39. The molecule has 82 valence electrons. The molecule has 0 heterocycles. The molecule has 0 aromatic carbocycles. The minimum Gasteiger partial charge on any atom is -0.480 e. The maximum Gasteiger partial charge on any atom is 0.320 e. The fraction of sp³-hybridized carbons (Fsp3) is 0.900. The molecular weight excluding hydrogens is 182 g/mol. The van der Waals surface area contributed by atoms with E-state index in [2.05, 4.69) is 5.32 Å². The molecule has 1 unspecified atom stereocenters. The van der Waals surface area contributed by atoms with Crippen molar-refractivity contribution < 1.29 is 14.6 Å². The van der Waals surface area contributed by atoms with Crippen molar-refractivity contribution in [1.29, 1.82) is 0 Å². The summed E-state index contributed by atoms with van der Waals surface area (Å²) in [6, 6.07) is -0.431. The Morgan fingerprint density at radius 2 is 2.36 bits per heavy atom. The van der Waals surface area contributed by atoms with Gasteiger partial charge in [-0.15, -0.1) is 0 Å². The van der Waals surface area contributed by atoms with E-state index in [9.17, 15) is 4.79 Å². The molecule has 0 radical (unpaired) electrons. The fourth-order valence-electron chi connectivity index (χ4n) is 1.25. The molecule has 0 saturated heterocycles. The molecule has 0 bridgehead atoms. The van der Waals surface area contributed by atoms with E-state index in [1.165, 1.54) is 12.8 Å². The monoisotopic (exact) mass is 201 g/mol. The molecule has 4 heteroatoms. The summed E-state index contributed by atoms with van der Waals surface area (Å²) < 4.78 is 5.38. The van der Waals surface area contributed by atoms with Crippen molar-refractivity contribution in [1.82, 2.24) is 5.32 Å². The molecule has 4 nitrogen and oxygen atoms in total. The Morgan fingerprint density at radius 1 is 1.64 bits per heavy atom. The number of hydrogen-bond donors (Lipinski definition) is 2. The average Bonchev–Trinajstić information content (AvgIpc) is 2.94. The molecule has 1 fully saturated rings. The van der Waals surface area contributed by atoms with Crippen LogP contribution in [-0.4, -0.2) is 36.9 Å². The van der Waals surface area contributed by atoms with Crippen LogP contribution in [0.1, 0.15) is 26.2 Å². The van der Waals surface area contributed by atoms with Gasteiger partial charge in [-0.1, -0.05) is 6.92 Å². The van der Waals surface area contributed by atoms with Gasteiger partial charge in [-0.25, -0.2) is 0 Å². The van der Waals surface area contributed by atoms with Crippen molar-refractivity contribution in [2.24, 2.45) is 5.92 Å². The van der Waals surface area contributed by atoms with E-state index in [4.69, 9.17) is 9.84 Å². The van der Waals surface area contributed by atoms with Crippen molar-refractivity contribution in [3.63, 3.8) is 0 Å². The van der Waals surface area contributed by atoms with Crippen LogP contribution in [0.4, 0.5) is 0 Å². The summed E-state index contributed by atoms with van der Waals surface area (Å²) in [4.78, 5) is 10.6. The zero-order valence-electron chi connectivity index (χ0n) is 8.66. The lowest BCUT2D eigenvalue weighted by molar-refractivity contribution is -0.139. The second kappa shape index (κ2) is 5.98. The zero-order chi connectivity index (χ0) is 10.4. The Kier molecular flexibility index (Phi) is 4.90. The van der Waals surface area contributed by atoms with Crippen molar-refractivity contribution in [2.75, 3.05) is 19.8 Å². The molecule has 14 heavy (non-hydrogen) atoms. The number of aliphatic carboxylic acids is 1. The maximum atomic E-state index is 10.6. The Bertz CT molecular complexity index is 180. The second-order valence-electron chi connectivity index (χ2n) is 3.77. The van der Waals surface area contributed by atoms with Gasteiger partial charge in [-0.2, -0.15) is 0 Å². The van der Waals surface area contributed by atoms with Crippen LogP contribution in [0.5, 0.6) is 0 Å². The number of nitrogens with one attached hydrogen (secondary N) is 1. The first-order valence-corrected chi connectivity index (χ1v) is 5.28. The van der Waals surface area contributed by atoms with E-state index >= 15 is 0 Å². The molecule has 0 aromatic rings. The molecule has 0 aromatic heterocycles. The van der Waals surface area contributed by atoms with Gasteiger partial charge < -0.3 is 15.2 Å². The van der Waals surface area contributed by atoms with Crippen LogP contribution in [0.25, 0.3) is 0 Å². The Labute approximate surface area is 84.6 Å². The van der Waals surface area contributed by atoms with Gasteiger partial charge in [0.05, 0.1) is 6.61 Å². The van der Waals surface area contributed by atoms with Crippen molar-refractivity contribution >= 4 is 5.97 Å². The van der Waals surface area contributed by atoms with Crippen LogP contribution >= 0.6 is 0 Å². The number of ether oxygens (including phenoxy) is 1. The summed E-state index contributed by atoms with van der Waals surface area (Å²) in [6.07, 6.45) is 3.19. The molecule has 2 N–H and O–H groups in total. The van der Waals surface area contributed by atoms with E-state index in [-0.39, 0.29) is 0 Å². The third kappa shape index (κ3) is 4.58. The fourth-order valence-corrected chi connectivity index (χ4v) is 1.25. The highest BCUT2D eigenvalue weighted by atomic mass is 16.5. The highest BCUT2D eigenvalue weighted by Gasteiger charge is 2.21. The van der Waals surface area contributed by atoms with Gasteiger partial charge in [0, 0.05) is 13.2 Å². The summed E-state index contributed by atoms with van der Waals surface area (Å²) >= 11 is 0. The summed E-state index contributed by atoms with van der Waals surface area (Å²) in [5, 5.41) is 11.7. The summed E-state index contributed by atoms with van der Waals surface area (Å²) in [7, 11) is 0.